The van der Waals surface area contributed by atoms with Gasteiger partial charge in [-0.15, -0.1) is 0 Å². The SMILES string of the molecule is CC1=C(c2ccccc2C)C(c2c3c(c(-c4c(O)c(O)c(O)c(-c5ccc(O)cc5)c4O)c4ccccc24)CCC=C3)=CCC1. The van der Waals surface area contributed by atoms with Gasteiger partial charge in [-0.1, -0.05) is 84.5 Å². The minimum atomic E-state index is -0.713. The number of hydrogen-bond acceptors (Lipinski definition) is 5. The maximum absolute atomic E-state index is 11.9. The summed E-state index contributed by atoms with van der Waals surface area (Å²) in [5.74, 6) is -2.26. The highest BCUT2D eigenvalue weighted by Gasteiger charge is 2.32. The van der Waals surface area contributed by atoms with Crippen molar-refractivity contribution in [3.63, 3.8) is 0 Å². The molecule has 0 aromatic heterocycles. The molecule has 5 aromatic rings. The number of aryl methyl sites for hydroxylation is 1. The fourth-order valence-corrected chi connectivity index (χ4v) is 7.14. The highest BCUT2D eigenvalue weighted by atomic mass is 16.3. The van der Waals surface area contributed by atoms with E-state index in [-0.39, 0.29) is 22.6 Å². The van der Waals surface area contributed by atoms with Crippen molar-refractivity contribution in [2.75, 3.05) is 0 Å². The van der Waals surface area contributed by atoms with Gasteiger partial charge in [-0.25, -0.2) is 0 Å². The fraction of sp³-hybridized carbons (Fsp3) is 0.150. The van der Waals surface area contributed by atoms with Crippen LogP contribution in [0.2, 0.25) is 0 Å². The lowest BCUT2D eigenvalue weighted by molar-refractivity contribution is 0.364. The molecule has 0 unspecified atom stereocenters. The second-order valence-corrected chi connectivity index (χ2v) is 11.9. The van der Waals surface area contributed by atoms with E-state index in [2.05, 4.69) is 62.4 Å². The number of rotatable bonds is 4. The summed E-state index contributed by atoms with van der Waals surface area (Å²) in [5, 5.41) is 56.9. The van der Waals surface area contributed by atoms with Crippen LogP contribution in [0.4, 0.5) is 0 Å². The molecule has 5 aromatic carbocycles. The number of phenolic OH excluding ortho intramolecular Hbond substituents is 5. The number of fused-ring (bicyclic) bond motifs is 2. The molecule has 7 rings (SSSR count). The van der Waals surface area contributed by atoms with E-state index in [0.29, 0.717) is 17.5 Å². The lowest BCUT2D eigenvalue weighted by atomic mass is 9.75. The molecule has 5 N–H and O–H groups in total. The Hall–Kier alpha value is -5.42. The van der Waals surface area contributed by atoms with Gasteiger partial charge in [0, 0.05) is 5.56 Å². The Balaban J connectivity index is 1.58. The van der Waals surface area contributed by atoms with E-state index in [1.54, 1.807) is 12.1 Å². The largest absolute Gasteiger partial charge is 0.508 e. The normalized spacial score (nSPS) is 14.5. The molecule has 0 aliphatic heterocycles. The summed E-state index contributed by atoms with van der Waals surface area (Å²) in [7, 11) is 0. The van der Waals surface area contributed by atoms with Crippen molar-refractivity contribution in [1.82, 2.24) is 0 Å². The molecule has 2 aliphatic rings. The Kier molecular flexibility index (Phi) is 6.89. The summed E-state index contributed by atoms with van der Waals surface area (Å²) < 4.78 is 0. The van der Waals surface area contributed by atoms with Crippen LogP contribution in [0.15, 0.2) is 90.5 Å². The molecule has 5 nitrogen and oxygen atoms in total. The number of aromatic hydroxyl groups is 5. The molecule has 5 heteroatoms. The van der Waals surface area contributed by atoms with Gasteiger partial charge in [-0.2, -0.15) is 0 Å². The lowest BCUT2D eigenvalue weighted by Crippen LogP contribution is -2.08. The third-order valence-electron chi connectivity index (χ3n) is 9.26. The van der Waals surface area contributed by atoms with E-state index in [9.17, 15) is 25.5 Å². The Morgan fingerprint density at radius 1 is 0.578 bits per heavy atom. The van der Waals surface area contributed by atoms with Crippen LogP contribution in [-0.2, 0) is 6.42 Å². The van der Waals surface area contributed by atoms with Crippen LogP contribution in [0, 0.1) is 6.92 Å². The molecular weight excluding hydrogens is 560 g/mol. The molecule has 0 saturated carbocycles. The van der Waals surface area contributed by atoms with E-state index >= 15 is 0 Å². The van der Waals surface area contributed by atoms with Gasteiger partial charge < -0.3 is 25.5 Å². The molecule has 0 saturated heterocycles. The molecule has 0 atom stereocenters. The minimum absolute atomic E-state index is 0.0229. The number of allylic oxidation sites excluding steroid dienone is 5. The van der Waals surface area contributed by atoms with Crippen LogP contribution in [0.5, 0.6) is 28.7 Å². The third-order valence-corrected chi connectivity index (χ3v) is 9.26. The summed E-state index contributed by atoms with van der Waals surface area (Å²) in [4.78, 5) is 0. The first-order valence-electron chi connectivity index (χ1n) is 15.3. The minimum Gasteiger partial charge on any atom is -0.508 e. The topological polar surface area (TPSA) is 101 Å². The van der Waals surface area contributed by atoms with Gasteiger partial charge >= 0.3 is 0 Å². The fourth-order valence-electron chi connectivity index (χ4n) is 7.14. The lowest BCUT2D eigenvalue weighted by Gasteiger charge is -2.29. The van der Waals surface area contributed by atoms with Crippen LogP contribution >= 0.6 is 0 Å². The zero-order valence-electron chi connectivity index (χ0n) is 25.2. The summed E-state index contributed by atoms with van der Waals surface area (Å²) in [6.45, 7) is 4.36. The highest BCUT2D eigenvalue weighted by molar-refractivity contribution is 6.18. The van der Waals surface area contributed by atoms with Gasteiger partial charge in [0.25, 0.3) is 0 Å². The second-order valence-electron chi connectivity index (χ2n) is 11.9. The molecule has 2 aliphatic carbocycles. The van der Waals surface area contributed by atoms with E-state index in [4.69, 9.17) is 0 Å². The number of phenols is 5. The molecule has 0 fully saturated rings. The van der Waals surface area contributed by atoms with Crippen LogP contribution in [0.25, 0.3) is 50.2 Å². The Labute approximate surface area is 262 Å². The molecule has 45 heavy (non-hydrogen) atoms. The van der Waals surface area contributed by atoms with Crippen molar-refractivity contribution in [2.24, 2.45) is 0 Å². The van der Waals surface area contributed by atoms with Crippen molar-refractivity contribution in [3.8, 4) is 51.0 Å². The maximum Gasteiger partial charge on any atom is 0.201 e. The zero-order chi connectivity index (χ0) is 31.4. The summed E-state index contributed by atoms with van der Waals surface area (Å²) in [6, 6.07) is 22.4. The highest BCUT2D eigenvalue weighted by Crippen LogP contribution is 2.58. The Morgan fingerprint density at radius 3 is 1.98 bits per heavy atom. The van der Waals surface area contributed by atoms with Gasteiger partial charge in [0.15, 0.2) is 11.5 Å². The number of hydrogen-bond donors (Lipinski definition) is 5. The van der Waals surface area contributed by atoms with E-state index < -0.39 is 17.2 Å². The number of benzene rings is 5. The standard InChI is InChI=1S/C40H34O5/c1-22-10-3-4-12-26(22)32-23(2)11-9-17-31(32)34-27-13-5-7-15-29(27)35(30-16-8-6-14-28(30)34)36-37(42)33(38(43)40(45)39(36)44)24-18-20-25(41)21-19-24/h3-7,10,12-15,17-21,41-45H,8-9,11,16H2,1-2H3. The van der Waals surface area contributed by atoms with Crippen molar-refractivity contribution < 1.29 is 25.5 Å². The van der Waals surface area contributed by atoms with Crippen molar-refractivity contribution in [2.45, 2.75) is 39.5 Å². The maximum atomic E-state index is 11.9. The molecule has 0 spiro atoms. The van der Waals surface area contributed by atoms with Gasteiger partial charge in [0.1, 0.15) is 11.5 Å². The van der Waals surface area contributed by atoms with Gasteiger partial charge in [0.05, 0.1) is 11.1 Å². The first-order valence-corrected chi connectivity index (χ1v) is 15.3. The molecule has 224 valence electrons. The first-order chi connectivity index (χ1) is 21.8. The zero-order valence-corrected chi connectivity index (χ0v) is 25.2. The van der Waals surface area contributed by atoms with Gasteiger partial charge in [-0.3, -0.25) is 0 Å². The quantitative estimate of drug-likeness (QED) is 0.105. The predicted molar refractivity (Wildman–Crippen MR) is 181 cm³/mol. The van der Waals surface area contributed by atoms with Crippen molar-refractivity contribution >= 4 is 28.0 Å². The third kappa shape index (κ3) is 4.46. The first kappa shape index (κ1) is 28.4. The van der Waals surface area contributed by atoms with Crippen LogP contribution in [0.1, 0.15) is 54.0 Å². The predicted octanol–water partition coefficient (Wildman–Crippen LogP) is 9.62. The van der Waals surface area contributed by atoms with E-state index in [0.717, 1.165) is 46.7 Å². The molecular formula is C40H34O5. The van der Waals surface area contributed by atoms with Crippen molar-refractivity contribution in [1.29, 1.82) is 0 Å². The summed E-state index contributed by atoms with van der Waals surface area (Å²) in [5.41, 5.74) is 10.3. The summed E-state index contributed by atoms with van der Waals surface area (Å²) in [6.07, 6.45) is 9.97. The molecule has 0 bridgehead atoms. The van der Waals surface area contributed by atoms with E-state index in [1.165, 1.54) is 40.0 Å². The van der Waals surface area contributed by atoms with Crippen molar-refractivity contribution in [3.05, 3.63) is 118 Å². The molecule has 0 radical (unpaired) electrons. The smallest absolute Gasteiger partial charge is 0.201 e. The second kappa shape index (κ2) is 10.9. The average molecular weight is 595 g/mol. The van der Waals surface area contributed by atoms with Crippen LogP contribution in [-0.4, -0.2) is 25.5 Å². The monoisotopic (exact) mass is 594 g/mol. The molecule has 0 amide bonds. The average Bonchev–Trinajstić information content (AvgIpc) is 3.05. The van der Waals surface area contributed by atoms with Crippen LogP contribution in [0.3, 0.4) is 0 Å². The van der Waals surface area contributed by atoms with E-state index in [1.807, 2.05) is 18.2 Å². The van der Waals surface area contributed by atoms with Crippen LogP contribution < -0.4 is 0 Å². The Bertz CT molecular complexity index is 2110. The molecule has 0 heterocycles. The summed E-state index contributed by atoms with van der Waals surface area (Å²) >= 11 is 0. The Morgan fingerprint density at radius 2 is 1.24 bits per heavy atom. The van der Waals surface area contributed by atoms with Gasteiger partial charge in [-0.05, 0) is 107 Å². The van der Waals surface area contributed by atoms with Gasteiger partial charge in [0.2, 0.25) is 5.75 Å².